The van der Waals surface area contributed by atoms with Crippen LogP contribution in [0.4, 0.5) is 0 Å². The first-order valence-corrected chi connectivity index (χ1v) is 4.75. The molecule has 4 heteroatoms. The van der Waals surface area contributed by atoms with E-state index in [1.54, 1.807) is 17.1 Å². The Labute approximate surface area is 86.8 Å². The third kappa shape index (κ3) is 1.40. The second-order valence-corrected chi connectivity index (χ2v) is 3.33. The molecule has 3 rings (SSSR count). The standard InChI is InChI=1S/C11H9N3O/c1-2-9-8-10(14-6-5-12-13-14)3-4-11(9)15-7-1/h1,3-8H,2H2. The Kier molecular flexibility index (Phi) is 1.78. The highest BCUT2D eigenvalue weighted by atomic mass is 16.5. The third-order valence-electron chi connectivity index (χ3n) is 2.36. The first kappa shape index (κ1) is 8.23. The van der Waals surface area contributed by atoms with Crippen LogP contribution in [-0.4, -0.2) is 15.0 Å². The van der Waals surface area contributed by atoms with Crippen LogP contribution >= 0.6 is 0 Å². The number of hydrogen-bond acceptors (Lipinski definition) is 3. The van der Waals surface area contributed by atoms with E-state index in [9.17, 15) is 0 Å². The van der Waals surface area contributed by atoms with Crippen LogP contribution in [0.2, 0.25) is 0 Å². The summed E-state index contributed by atoms with van der Waals surface area (Å²) in [6, 6.07) is 5.98. The Balaban J connectivity index is 2.06. The molecule has 15 heavy (non-hydrogen) atoms. The van der Waals surface area contributed by atoms with Gasteiger partial charge in [0.15, 0.2) is 0 Å². The normalized spacial score (nSPS) is 13.3. The van der Waals surface area contributed by atoms with Gasteiger partial charge in [-0.15, -0.1) is 5.10 Å². The van der Waals surface area contributed by atoms with Crippen molar-refractivity contribution in [1.29, 1.82) is 0 Å². The number of allylic oxidation sites excluding steroid dienone is 1. The maximum absolute atomic E-state index is 5.37. The predicted molar refractivity (Wildman–Crippen MR) is 54.8 cm³/mol. The molecule has 1 aliphatic heterocycles. The second-order valence-electron chi connectivity index (χ2n) is 3.33. The second kappa shape index (κ2) is 3.24. The molecular weight excluding hydrogens is 190 g/mol. The SMILES string of the molecule is C1=COc2ccc(-n3ccnn3)cc2C1. The molecule has 0 saturated heterocycles. The van der Waals surface area contributed by atoms with Crippen molar-refractivity contribution in [2.75, 3.05) is 0 Å². The summed E-state index contributed by atoms with van der Waals surface area (Å²) in [6.45, 7) is 0. The summed E-state index contributed by atoms with van der Waals surface area (Å²) in [4.78, 5) is 0. The lowest BCUT2D eigenvalue weighted by Crippen LogP contribution is -2.00. The molecule has 1 aromatic carbocycles. The van der Waals surface area contributed by atoms with Crippen LogP contribution in [0.15, 0.2) is 42.9 Å². The fourth-order valence-electron chi connectivity index (χ4n) is 1.63. The molecule has 1 aromatic heterocycles. The lowest BCUT2D eigenvalue weighted by Gasteiger charge is -2.12. The molecule has 0 radical (unpaired) electrons. The number of rotatable bonds is 1. The fourth-order valence-corrected chi connectivity index (χ4v) is 1.63. The van der Waals surface area contributed by atoms with Gasteiger partial charge < -0.3 is 4.74 Å². The van der Waals surface area contributed by atoms with Crippen LogP contribution in [0.25, 0.3) is 5.69 Å². The quantitative estimate of drug-likeness (QED) is 0.702. The number of benzene rings is 1. The Morgan fingerprint density at radius 2 is 2.33 bits per heavy atom. The molecule has 2 aromatic rings. The molecule has 0 spiro atoms. The molecule has 74 valence electrons. The van der Waals surface area contributed by atoms with Gasteiger partial charge in [-0.05, 0) is 30.7 Å². The molecular formula is C11H9N3O. The van der Waals surface area contributed by atoms with E-state index in [1.165, 1.54) is 5.56 Å². The number of hydrogen-bond donors (Lipinski definition) is 0. The lowest BCUT2D eigenvalue weighted by molar-refractivity contribution is 0.464. The summed E-state index contributed by atoms with van der Waals surface area (Å²) in [7, 11) is 0. The van der Waals surface area contributed by atoms with Gasteiger partial charge in [0.2, 0.25) is 0 Å². The smallest absolute Gasteiger partial charge is 0.130 e. The number of aromatic nitrogens is 3. The molecule has 0 atom stereocenters. The van der Waals surface area contributed by atoms with E-state index < -0.39 is 0 Å². The average Bonchev–Trinajstić information content (AvgIpc) is 2.82. The van der Waals surface area contributed by atoms with Crippen molar-refractivity contribution in [3.63, 3.8) is 0 Å². The highest BCUT2D eigenvalue weighted by Crippen LogP contribution is 2.25. The van der Waals surface area contributed by atoms with E-state index in [4.69, 9.17) is 4.74 Å². The molecule has 0 unspecified atom stereocenters. The van der Waals surface area contributed by atoms with Crippen molar-refractivity contribution in [2.24, 2.45) is 0 Å². The Hall–Kier alpha value is -2.10. The minimum absolute atomic E-state index is 0.901. The minimum atomic E-state index is 0.901. The monoisotopic (exact) mass is 199 g/mol. The molecule has 1 aliphatic rings. The van der Waals surface area contributed by atoms with Crippen LogP contribution in [0.5, 0.6) is 5.75 Å². The van der Waals surface area contributed by atoms with E-state index >= 15 is 0 Å². The topological polar surface area (TPSA) is 39.9 Å². The Morgan fingerprint density at radius 3 is 3.20 bits per heavy atom. The van der Waals surface area contributed by atoms with Gasteiger partial charge in [-0.2, -0.15) is 0 Å². The zero-order chi connectivity index (χ0) is 10.1. The van der Waals surface area contributed by atoms with Crippen molar-refractivity contribution in [3.8, 4) is 11.4 Å². The summed E-state index contributed by atoms with van der Waals surface area (Å²) in [5.74, 6) is 0.918. The minimum Gasteiger partial charge on any atom is -0.465 e. The zero-order valence-electron chi connectivity index (χ0n) is 8.00. The highest BCUT2D eigenvalue weighted by molar-refractivity contribution is 5.45. The highest BCUT2D eigenvalue weighted by Gasteiger charge is 2.07. The van der Waals surface area contributed by atoms with Crippen molar-refractivity contribution >= 4 is 0 Å². The van der Waals surface area contributed by atoms with Crippen molar-refractivity contribution in [1.82, 2.24) is 15.0 Å². The van der Waals surface area contributed by atoms with Gasteiger partial charge in [-0.3, -0.25) is 0 Å². The molecule has 0 saturated carbocycles. The van der Waals surface area contributed by atoms with E-state index in [0.29, 0.717) is 0 Å². The summed E-state index contributed by atoms with van der Waals surface area (Å²) >= 11 is 0. The average molecular weight is 199 g/mol. The first-order valence-electron chi connectivity index (χ1n) is 4.75. The van der Waals surface area contributed by atoms with Crippen molar-refractivity contribution < 1.29 is 4.74 Å². The summed E-state index contributed by atoms with van der Waals surface area (Å²) in [6.07, 6.45) is 8.10. The zero-order valence-corrected chi connectivity index (χ0v) is 8.00. The van der Waals surface area contributed by atoms with Gasteiger partial charge in [-0.1, -0.05) is 5.21 Å². The number of nitrogens with zero attached hydrogens (tertiary/aromatic N) is 3. The van der Waals surface area contributed by atoms with Crippen molar-refractivity contribution in [3.05, 3.63) is 48.5 Å². The van der Waals surface area contributed by atoms with E-state index in [2.05, 4.69) is 16.4 Å². The van der Waals surface area contributed by atoms with Gasteiger partial charge in [0.1, 0.15) is 5.75 Å². The molecule has 0 aliphatic carbocycles. The van der Waals surface area contributed by atoms with Crippen LogP contribution in [0.3, 0.4) is 0 Å². The molecule has 0 N–H and O–H groups in total. The molecule has 0 fully saturated rings. The number of ether oxygens (including phenoxy) is 1. The van der Waals surface area contributed by atoms with E-state index in [0.717, 1.165) is 17.9 Å². The Morgan fingerprint density at radius 1 is 1.33 bits per heavy atom. The summed E-state index contributed by atoms with van der Waals surface area (Å²) < 4.78 is 7.10. The maximum Gasteiger partial charge on any atom is 0.130 e. The van der Waals surface area contributed by atoms with Crippen molar-refractivity contribution in [2.45, 2.75) is 6.42 Å². The molecule has 2 heterocycles. The first-order chi connectivity index (χ1) is 7.43. The number of fused-ring (bicyclic) bond motifs is 1. The van der Waals surface area contributed by atoms with Gasteiger partial charge in [0, 0.05) is 5.56 Å². The summed E-state index contributed by atoms with van der Waals surface area (Å²) in [5.41, 5.74) is 2.18. The summed E-state index contributed by atoms with van der Waals surface area (Å²) in [5, 5.41) is 7.72. The van der Waals surface area contributed by atoms with Crippen LogP contribution in [0.1, 0.15) is 5.56 Å². The van der Waals surface area contributed by atoms with Crippen LogP contribution < -0.4 is 4.74 Å². The fraction of sp³-hybridized carbons (Fsp3) is 0.0909. The molecule has 4 nitrogen and oxygen atoms in total. The van der Waals surface area contributed by atoms with Crippen LogP contribution in [0, 0.1) is 0 Å². The third-order valence-corrected chi connectivity index (χ3v) is 2.36. The predicted octanol–water partition coefficient (Wildman–Crippen LogP) is 1.72. The van der Waals surface area contributed by atoms with Gasteiger partial charge in [0.25, 0.3) is 0 Å². The maximum atomic E-state index is 5.37. The molecule has 0 amide bonds. The van der Waals surface area contributed by atoms with Gasteiger partial charge in [-0.25, -0.2) is 4.68 Å². The largest absolute Gasteiger partial charge is 0.465 e. The Bertz CT molecular complexity index is 503. The van der Waals surface area contributed by atoms with Crippen LogP contribution in [-0.2, 0) is 6.42 Å². The lowest BCUT2D eigenvalue weighted by atomic mass is 10.1. The van der Waals surface area contributed by atoms with Gasteiger partial charge >= 0.3 is 0 Å². The van der Waals surface area contributed by atoms with E-state index in [-0.39, 0.29) is 0 Å². The molecule has 0 bridgehead atoms. The van der Waals surface area contributed by atoms with E-state index in [1.807, 2.05) is 24.4 Å². The van der Waals surface area contributed by atoms with Gasteiger partial charge in [0.05, 0.1) is 24.3 Å².